The van der Waals surface area contributed by atoms with Crippen molar-refractivity contribution in [3.8, 4) is 0 Å². The van der Waals surface area contributed by atoms with Crippen molar-refractivity contribution in [2.24, 2.45) is 0 Å². The summed E-state index contributed by atoms with van der Waals surface area (Å²) < 4.78 is 8.70. The van der Waals surface area contributed by atoms with Crippen LogP contribution in [0.1, 0.15) is 41.2 Å². The van der Waals surface area contributed by atoms with Gasteiger partial charge < -0.3 is 9.30 Å². The van der Waals surface area contributed by atoms with E-state index in [0.717, 1.165) is 5.56 Å². The molecule has 0 aliphatic carbocycles. The largest absolute Gasteiger partial charge is 0.379 e. The molecule has 11 heteroatoms. The molecule has 4 rings (SSSR count). The van der Waals surface area contributed by atoms with Gasteiger partial charge in [0.1, 0.15) is 21.8 Å². The first-order chi connectivity index (χ1) is 15.8. The number of amides is 1. The molecule has 33 heavy (non-hydrogen) atoms. The van der Waals surface area contributed by atoms with Gasteiger partial charge in [0.2, 0.25) is 5.13 Å². The van der Waals surface area contributed by atoms with Crippen LogP contribution < -0.4 is 16.4 Å². The Morgan fingerprint density at radius 2 is 2.06 bits per heavy atom. The Morgan fingerprint density at radius 3 is 2.76 bits per heavy atom. The average molecular weight is 468 g/mol. The van der Waals surface area contributed by atoms with E-state index in [9.17, 15) is 9.59 Å². The minimum absolute atomic E-state index is 0.0318. The number of hydrogen-bond acceptors (Lipinski definition) is 8. The zero-order valence-corrected chi connectivity index (χ0v) is 19.7. The second kappa shape index (κ2) is 9.20. The predicted octanol–water partition coefficient (Wildman–Crippen LogP) is 2.66. The van der Waals surface area contributed by atoms with Crippen molar-refractivity contribution in [1.29, 1.82) is 5.41 Å². The SMILES string of the molecule is Cc1nnc(NC(=O)c2cc3c(=O)n4cccc(C)c4nc3n(CCCOC(C)C)c2=N)s1. The zero-order valence-electron chi connectivity index (χ0n) is 18.9. The second-order valence-electron chi connectivity index (χ2n) is 7.95. The monoisotopic (exact) mass is 467 g/mol. The molecule has 0 saturated heterocycles. The Morgan fingerprint density at radius 1 is 1.27 bits per heavy atom. The highest BCUT2D eigenvalue weighted by Crippen LogP contribution is 2.16. The summed E-state index contributed by atoms with van der Waals surface area (Å²) in [5.74, 6) is -0.529. The molecule has 0 fully saturated rings. The number of aromatic nitrogens is 5. The Bertz CT molecular complexity index is 1470. The summed E-state index contributed by atoms with van der Waals surface area (Å²) >= 11 is 1.23. The Labute approximate surface area is 193 Å². The summed E-state index contributed by atoms with van der Waals surface area (Å²) in [5.41, 5.74) is 1.45. The summed E-state index contributed by atoms with van der Waals surface area (Å²) in [7, 11) is 0. The van der Waals surface area contributed by atoms with E-state index in [-0.39, 0.29) is 28.1 Å². The summed E-state index contributed by atoms with van der Waals surface area (Å²) in [6.45, 7) is 8.42. The molecule has 0 spiro atoms. The first-order valence-electron chi connectivity index (χ1n) is 10.6. The van der Waals surface area contributed by atoms with Crippen LogP contribution in [0.25, 0.3) is 16.7 Å². The molecule has 172 valence electrons. The van der Waals surface area contributed by atoms with Gasteiger partial charge in [-0.2, -0.15) is 0 Å². The van der Waals surface area contributed by atoms with E-state index < -0.39 is 5.91 Å². The normalized spacial score (nSPS) is 11.5. The number of fused-ring (bicyclic) bond motifs is 2. The van der Waals surface area contributed by atoms with Gasteiger partial charge in [0, 0.05) is 19.3 Å². The van der Waals surface area contributed by atoms with Crippen molar-refractivity contribution >= 4 is 39.1 Å². The van der Waals surface area contributed by atoms with Crippen LogP contribution in [0.3, 0.4) is 0 Å². The van der Waals surface area contributed by atoms with Gasteiger partial charge in [-0.15, -0.1) is 10.2 Å². The van der Waals surface area contributed by atoms with E-state index >= 15 is 0 Å². The third-order valence-corrected chi connectivity index (χ3v) is 5.86. The highest BCUT2D eigenvalue weighted by Gasteiger charge is 2.19. The molecule has 0 atom stereocenters. The van der Waals surface area contributed by atoms with Crippen molar-refractivity contribution in [2.75, 3.05) is 11.9 Å². The number of aryl methyl sites for hydroxylation is 3. The molecule has 0 aromatic carbocycles. The quantitative estimate of drug-likeness (QED) is 0.318. The third-order valence-electron chi connectivity index (χ3n) is 5.10. The lowest BCUT2D eigenvalue weighted by molar-refractivity contribution is 0.0748. The lowest BCUT2D eigenvalue weighted by Gasteiger charge is -2.15. The molecule has 0 radical (unpaired) electrons. The van der Waals surface area contributed by atoms with Crippen LogP contribution in [0.15, 0.2) is 29.2 Å². The maximum atomic E-state index is 13.3. The number of rotatable bonds is 7. The standard InChI is InChI=1S/C22H25N7O3S/c1-12(2)32-10-6-9-28-17(23)15(20(30)25-22-27-26-14(4)33-22)11-16-19(28)24-18-13(3)7-5-8-29(18)21(16)31/h5,7-8,11-12,23H,6,9-10H2,1-4H3,(H,25,27,30). The summed E-state index contributed by atoms with van der Waals surface area (Å²) in [6, 6.07) is 5.09. The van der Waals surface area contributed by atoms with Crippen LogP contribution in [0.2, 0.25) is 0 Å². The molecule has 0 aliphatic heterocycles. The molecule has 1 amide bonds. The molecule has 0 saturated carbocycles. The average Bonchev–Trinajstić information content (AvgIpc) is 3.17. The van der Waals surface area contributed by atoms with Crippen LogP contribution in [0, 0.1) is 19.3 Å². The maximum Gasteiger partial charge on any atom is 0.267 e. The van der Waals surface area contributed by atoms with Crippen LogP contribution in [-0.4, -0.2) is 42.8 Å². The van der Waals surface area contributed by atoms with Gasteiger partial charge in [-0.1, -0.05) is 17.4 Å². The van der Waals surface area contributed by atoms with Gasteiger partial charge in [0.05, 0.1) is 17.1 Å². The van der Waals surface area contributed by atoms with Crippen LogP contribution in [0.4, 0.5) is 5.13 Å². The van der Waals surface area contributed by atoms with Gasteiger partial charge in [-0.05, 0) is 51.8 Å². The van der Waals surface area contributed by atoms with E-state index in [4.69, 9.17) is 15.1 Å². The lowest BCUT2D eigenvalue weighted by Crippen LogP contribution is -2.32. The molecular formula is C22H25N7O3S. The number of anilines is 1. The summed E-state index contributed by atoms with van der Waals surface area (Å²) in [6.07, 6.45) is 2.33. The minimum Gasteiger partial charge on any atom is -0.379 e. The molecule has 4 aromatic heterocycles. The topological polar surface area (TPSA) is 127 Å². The number of carbonyl (C=O) groups is 1. The number of nitrogens with one attached hydrogen (secondary N) is 2. The number of hydrogen-bond donors (Lipinski definition) is 2. The van der Waals surface area contributed by atoms with Gasteiger partial charge in [-0.25, -0.2) is 4.98 Å². The van der Waals surface area contributed by atoms with Crippen LogP contribution in [-0.2, 0) is 11.3 Å². The Balaban J connectivity index is 1.87. The molecular weight excluding hydrogens is 442 g/mol. The third kappa shape index (κ3) is 4.55. The Kier molecular flexibility index (Phi) is 6.34. The zero-order chi connectivity index (χ0) is 23.7. The molecule has 4 aromatic rings. The van der Waals surface area contributed by atoms with Crippen molar-refractivity contribution in [1.82, 2.24) is 24.1 Å². The van der Waals surface area contributed by atoms with E-state index in [1.807, 2.05) is 26.8 Å². The van der Waals surface area contributed by atoms with Gasteiger partial charge in [0.15, 0.2) is 0 Å². The predicted molar refractivity (Wildman–Crippen MR) is 126 cm³/mol. The van der Waals surface area contributed by atoms with Crippen LogP contribution in [0.5, 0.6) is 0 Å². The molecule has 0 unspecified atom stereocenters. The molecule has 4 heterocycles. The first kappa shape index (κ1) is 22.7. The first-order valence-corrected chi connectivity index (χ1v) is 11.4. The highest BCUT2D eigenvalue weighted by molar-refractivity contribution is 7.15. The fourth-order valence-corrected chi connectivity index (χ4v) is 4.13. The van der Waals surface area contributed by atoms with Gasteiger partial charge >= 0.3 is 0 Å². The van der Waals surface area contributed by atoms with Crippen molar-refractivity contribution in [3.63, 3.8) is 0 Å². The Hall–Kier alpha value is -3.44. The maximum absolute atomic E-state index is 13.3. The van der Waals surface area contributed by atoms with Gasteiger partial charge in [0.25, 0.3) is 11.5 Å². The number of nitrogens with zero attached hydrogens (tertiary/aromatic N) is 5. The van der Waals surface area contributed by atoms with Crippen molar-refractivity contribution in [3.05, 3.63) is 56.4 Å². The second-order valence-corrected chi connectivity index (χ2v) is 9.13. The van der Waals surface area contributed by atoms with Crippen molar-refractivity contribution < 1.29 is 9.53 Å². The highest BCUT2D eigenvalue weighted by atomic mass is 32.1. The molecule has 10 nitrogen and oxygen atoms in total. The summed E-state index contributed by atoms with van der Waals surface area (Å²) in [4.78, 5) is 31.1. The van der Waals surface area contributed by atoms with Crippen molar-refractivity contribution in [2.45, 2.75) is 46.8 Å². The number of ether oxygens (including phenoxy) is 1. The number of carbonyl (C=O) groups excluding carboxylic acids is 1. The van der Waals surface area contributed by atoms with Gasteiger partial charge in [-0.3, -0.25) is 24.7 Å². The smallest absolute Gasteiger partial charge is 0.267 e. The van der Waals surface area contributed by atoms with Crippen LogP contribution >= 0.6 is 11.3 Å². The minimum atomic E-state index is -0.529. The molecule has 0 bridgehead atoms. The van der Waals surface area contributed by atoms with E-state index in [2.05, 4.69) is 15.5 Å². The fourth-order valence-electron chi connectivity index (χ4n) is 3.54. The van der Waals surface area contributed by atoms with E-state index in [1.54, 1.807) is 23.8 Å². The fraction of sp³-hybridized carbons (Fsp3) is 0.364. The molecule has 0 aliphatic rings. The lowest BCUT2D eigenvalue weighted by atomic mass is 10.2. The number of pyridine rings is 2. The van der Waals surface area contributed by atoms with E-state index in [1.165, 1.54) is 21.8 Å². The molecule has 2 N–H and O–H groups in total. The summed E-state index contributed by atoms with van der Waals surface area (Å²) in [5, 5.41) is 20.6. The van der Waals surface area contributed by atoms with E-state index in [0.29, 0.717) is 41.0 Å².